The Labute approximate surface area is 118 Å². The SMILES string of the molecule is Cc1cc(Cl)c(NC2CCCCCC2O)cc1Cl. The quantitative estimate of drug-likeness (QED) is 0.790. The van der Waals surface area contributed by atoms with Gasteiger partial charge in [-0.15, -0.1) is 0 Å². The van der Waals surface area contributed by atoms with Crippen LogP contribution < -0.4 is 5.32 Å². The number of aryl methyl sites for hydroxylation is 1. The lowest BCUT2D eigenvalue weighted by molar-refractivity contribution is 0.144. The summed E-state index contributed by atoms with van der Waals surface area (Å²) in [4.78, 5) is 0. The second kappa shape index (κ2) is 6.14. The molecule has 0 aromatic heterocycles. The standard InChI is InChI=1S/C14H19Cl2NO/c1-9-7-11(16)13(8-10(9)15)17-12-5-3-2-4-6-14(12)18/h7-8,12,14,17-18H,2-6H2,1H3. The van der Waals surface area contributed by atoms with Crippen LogP contribution in [0.2, 0.25) is 10.0 Å². The molecular weight excluding hydrogens is 269 g/mol. The van der Waals surface area contributed by atoms with E-state index in [1.807, 2.05) is 19.1 Å². The first-order valence-corrected chi connectivity index (χ1v) is 7.24. The van der Waals surface area contributed by atoms with E-state index >= 15 is 0 Å². The maximum Gasteiger partial charge on any atom is 0.0741 e. The number of hydrogen-bond donors (Lipinski definition) is 2. The lowest BCUT2D eigenvalue weighted by Gasteiger charge is -2.24. The van der Waals surface area contributed by atoms with Crippen LogP contribution >= 0.6 is 23.2 Å². The number of rotatable bonds is 2. The molecule has 0 aliphatic heterocycles. The normalized spacial score (nSPS) is 24.7. The van der Waals surface area contributed by atoms with Crippen LogP contribution in [0.4, 0.5) is 5.69 Å². The van der Waals surface area contributed by atoms with Crippen molar-refractivity contribution in [3.05, 3.63) is 27.7 Å². The molecule has 0 amide bonds. The van der Waals surface area contributed by atoms with E-state index in [1.165, 1.54) is 6.42 Å². The Bertz CT molecular complexity index is 423. The maximum absolute atomic E-state index is 10.1. The van der Waals surface area contributed by atoms with Gasteiger partial charge < -0.3 is 10.4 Å². The van der Waals surface area contributed by atoms with E-state index in [2.05, 4.69) is 5.32 Å². The predicted molar refractivity (Wildman–Crippen MR) is 77.7 cm³/mol. The third-order valence-corrected chi connectivity index (χ3v) is 4.29. The van der Waals surface area contributed by atoms with Crippen LogP contribution in [0.1, 0.15) is 37.7 Å². The van der Waals surface area contributed by atoms with Gasteiger partial charge in [0.05, 0.1) is 22.9 Å². The number of aliphatic hydroxyl groups excluding tert-OH is 1. The van der Waals surface area contributed by atoms with Gasteiger partial charge in [-0.3, -0.25) is 0 Å². The van der Waals surface area contributed by atoms with Crippen molar-refractivity contribution in [3.63, 3.8) is 0 Å². The number of halogens is 2. The first-order valence-electron chi connectivity index (χ1n) is 6.48. The summed E-state index contributed by atoms with van der Waals surface area (Å²) in [7, 11) is 0. The Balaban J connectivity index is 2.14. The Morgan fingerprint density at radius 2 is 1.83 bits per heavy atom. The van der Waals surface area contributed by atoms with Crippen molar-refractivity contribution in [1.29, 1.82) is 0 Å². The average molecular weight is 288 g/mol. The fourth-order valence-corrected chi connectivity index (χ4v) is 2.85. The molecule has 1 aliphatic carbocycles. The van der Waals surface area contributed by atoms with Gasteiger partial charge in [0.25, 0.3) is 0 Å². The number of hydrogen-bond acceptors (Lipinski definition) is 2. The molecule has 2 rings (SSSR count). The summed E-state index contributed by atoms with van der Waals surface area (Å²) < 4.78 is 0. The molecule has 2 unspecified atom stereocenters. The van der Waals surface area contributed by atoms with Gasteiger partial charge in [-0.1, -0.05) is 42.5 Å². The van der Waals surface area contributed by atoms with Crippen molar-refractivity contribution in [1.82, 2.24) is 0 Å². The van der Waals surface area contributed by atoms with Gasteiger partial charge in [-0.25, -0.2) is 0 Å². The van der Waals surface area contributed by atoms with E-state index < -0.39 is 0 Å². The zero-order valence-corrected chi connectivity index (χ0v) is 12.1. The molecule has 2 N–H and O–H groups in total. The first kappa shape index (κ1) is 14.0. The molecule has 100 valence electrons. The Morgan fingerprint density at radius 1 is 1.11 bits per heavy atom. The molecular formula is C14H19Cl2NO. The Kier molecular flexibility index (Phi) is 4.77. The van der Waals surface area contributed by atoms with Crippen LogP contribution in [0.3, 0.4) is 0 Å². The zero-order valence-electron chi connectivity index (χ0n) is 10.5. The van der Waals surface area contributed by atoms with Crippen LogP contribution in [0.5, 0.6) is 0 Å². The second-order valence-corrected chi connectivity index (χ2v) is 5.85. The van der Waals surface area contributed by atoms with Gasteiger partial charge in [0.15, 0.2) is 0 Å². The summed E-state index contributed by atoms with van der Waals surface area (Å²) in [6.45, 7) is 1.93. The van der Waals surface area contributed by atoms with E-state index in [4.69, 9.17) is 23.2 Å². The second-order valence-electron chi connectivity index (χ2n) is 5.04. The van der Waals surface area contributed by atoms with Crippen LogP contribution in [0.25, 0.3) is 0 Å². The first-order chi connectivity index (χ1) is 8.58. The van der Waals surface area contributed by atoms with Gasteiger partial charge in [-0.2, -0.15) is 0 Å². The molecule has 4 heteroatoms. The maximum atomic E-state index is 10.1. The van der Waals surface area contributed by atoms with Gasteiger partial charge in [0.2, 0.25) is 0 Å². The van der Waals surface area contributed by atoms with E-state index in [0.717, 1.165) is 36.9 Å². The summed E-state index contributed by atoms with van der Waals surface area (Å²) in [5.74, 6) is 0. The van der Waals surface area contributed by atoms with Crippen LogP contribution in [0, 0.1) is 6.92 Å². The molecule has 1 fully saturated rings. The number of nitrogens with one attached hydrogen (secondary N) is 1. The fourth-order valence-electron chi connectivity index (χ4n) is 2.41. The van der Waals surface area contributed by atoms with E-state index in [-0.39, 0.29) is 12.1 Å². The number of anilines is 1. The lowest BCUT2D eigenvalue weighted by atomic mass is 10.1. The smallest absolute Gasteiger partial charge is 0.0741 e. The van der Waals surface area contributed by atoms with E-state index in [9.17, 15) is 5.11 Å². The van der Waals surface area contributed by atoms with Gasteiger partial charge >= 0.3 is 0 Å². The third kappa shape index (κ3) is 3.31. The van der Waals surface area contributed by atoms with Crippen molar-refractivity contribution in [2.45, 2.75) is 51.2 Å². The summed E-state index contributed by atoms with van der Waals surface area (Å²) in [5.41, 5.74) is 1.78. The van der Waals surface area contributed by atoms with E-state index in [0.29, 0.717) is 10.0 Å². The molecule has 2 nitrogen and oxygen atoms in total. The van der Waals surface area contributed by atoms with Crippen LogP contribution in [-0.2, 0) is 0 Å². The molecule has 1 saturated carbocycles. The summed E-state index contributed by atoms with van der Waals surface area (Å²) in [5, 5.41) is 14.8. The van der Waals surface area contributed by atoms with Gasteiger partial charge in [-0.05, 0) is 37.5 Å². The van der Waals surface area contributed by atoms with Gasteiger partial charge in [0, 0.05) is 5.02 Å². The molecule has 0 heterocycles. The molecule has 1 aromatic carbocycles. The number of aliphatic hydroxyl groups is 1. The highest BCUT2D eigenvalue weighted by molar-refractivity contribution is 6.35. The van der Waals surface area contributed by atoms with Crippen molar-refractivity contribution in [2.24, 2.45) is 0 Å². The Morgan fingerprint density at radius 3 is 2.61 bits per heavy atom. The Hall–Kier alpha value is -0.440. The molecule has 0 spiro atoms. The molecule has 0 bridgehead atoms. The monoisotopic (exact) mass is 287 g/mol. The average Bonchev–Trinajstić information content (AvgIpc) is 2.52. The lowest BCUT2D eigenvalue weighted by Crippen LogP contribution is -2.32. The zero-order chi connectivity index (χ0) is 13.1. The summed E-state index contributed by atoms with van der Waals surface area (Å²) in [6.07, 6.45) is 4.96. The largest absolute Gasteiger partial charge is 0.391 e. The van der Waals surface area contributed by atoms with Crippen LogP contribution in [0.15, 0.2) is 12.1 Å². The predicted octanol–water partition coefficient (Wildman–Crippen LogP) is 4.41. The minimum atomic E-state index is -0.302. The van der Waals surface area contributed by atoms with Crippen LogP contribution in [-0.4, -0.2) is 17.3 Å². The molecule has 0 saturated heterocycles. The topological polar surface area (TPSA) is 32.3 Å². The fraction of sp³-hybridized carbons (Fsp3) is 0.571. The molecule has 1 aliphatic rings. The van der Waals surface area contributed by atoms with Gasteiger partial charge in [0.1, 0.15) is 0 Å². The minimum Gasteiger partial charge on any atom is -0.391 e. The highest BCUT2D eigenvalue weighted by atomic mass is 35.5. The van der Waals surface area contributed by atoms with Crippen molar-refractivity contribution in [3.8, 4) is 0 Å². The highest BCUT2D eigenvalue weighted by Gasteiger charge is 2.22. The summed E-state index contributed by atoms with van der Waals surface area (Å²) in [6, 6.07) is 3.77. The van der Waals surface area contributed by atoms with Crippen molar-refractivity contribution < 1.29 is 5.11 Å². The van der Waals surface area contributed by atoms with E-state index in [1.54, 1.807) is 0 Å². The summed E-state index contributed by atoms with van der Waals surface area (Å²) >= 11 is 12.3. The highest BCUT2D eigenvalue weighted by Crippen LogP contribution is 2.31. The van der Waals surface area contributed by atoms with Crippen molar-refractivity contribution in [2.75, 3.05) is 5.32 Å². The molecule has 18 heavy (non-hydrogen) atoms. The number of benzene rings is 1. The molecule has 2 atom stereocenters. The van der Waals surface area contributed by atoms with Crippen molar-refractivity contribution >= 4 is 28.9 Å². The molecule has 0 radical (unpaired) electrons. The molecule has 1 aromatic rings. The third-order valence-electron chi connectivity index (χ3n) is 3.57. The minimum absolute atomic E-state index is 0.0729.